The van der Waals surface area contributed by atoms with E-state index in [0.29, 0.717) is 33.8 Å². The zero-order valence-electron chi connectivity index (χ0n) is 11.3. The molecular formula is C16H10ClN3O2. The number of rotatable bonds is 3. The fourth-order valence-corrected chi connectivity index (χ4v) is 2.36. The fraction of sp³-hybridized carbons (Fsp3) is 0. The van der Waals surface area contributed by atoms with Crippen LogP contribution in [-0.4, -0.2) is 15.0 Å². The molecule has 4 aromatic rings. The maximum absolute atomic E-state index is 6.27. The summed E-state index contributed by atoms with van der Waals surface area (Å²) in [5.74, 6) is 2.13. The van der Waals surface area contributed by atoms with Crippen molar-refractivity contribution in [2.24, 2.45) is 0 Å². The first kappa shape index (κ1) is 12.9. The standard InChI is InChI=1S/C16H10ClN3O2/c17-11-6-7-12-13(14(11)22-10-4-2-1-3-5-10)20-15(19-12)16-18-8-9-21-16/h1-9H,(H,19,20). The zero-order chi connectivity index (χ0) is 14.9. The van der Waals surface area contributed by atoms with Gasteiger partial charge in [-0.1, -0.05) is 29.8 Å². The van der Waals surface area contributed by atoms with E-state index in [9.17, 15) is 0 Å². The predicted molar refractivity (Wildman–Crippen MR) is 83.1 cm³/mol. The van der Waals surface area contributed by atoms with E-state index in [0.717, 1.165) is 5.52 Å². The lowest BCUT2D eigenvalue weighted by atomic mass is 10.3. The molecular weight excluding hydrogens is 302 g/mol. The molecule has 2 heterocycles. The Balaban J connectivity index is 1.84. The van der Waals surface area contributed by atoms with Crippen LogP contribution >= 0.6 is 11.6 Å². The highest BCUT2D eigenvalue weighted by Gasteiger charge is 2.16. The second-order valence-electron chi connectivity index (χ2n) is 4.61. The van der Waals surface area contributed by atoms with E-state index in [1.807, 2.05) is 36.4 Å². The van der Waals surface area contributed by atoms with E-state index in [1.165, 1.54) is 6.26 Å². The number of ether oxygens (including phenoxy) is 1. The van der Waals surface area contributed by atoms with Gasteiger partial charge >= 0.3 is 0 Å². The van der Waals surface area contributed by atoms with E-state index in [-0.39, 0.29) is 0 Å². The first-order chi connectivity index (χ1) is 10.8. The molecule has 0 atom stereocenters. The molecule has 2 aromatic carbocycles. The van der Waals surface area contributed by atoms with Crippen LogP contribution in [0.1, 0.15) is 0 Å². The van der Waals surface area contributed by atoms with E-state index in [2.05, 4.69) is 15.0 Å². The molecule has 1 N–H and O–H groups in total. The van der Waals surface area contributed by atoms with Crippen molar-refractivity contribution in [1.29, 1.82) is 0 Å². The molecule has 0 aliphatic rings. The number of nitrogens with zero attached hydrogens (tertiary/aromatic N) is 2. The van der Waals surface area contributed by atoms with Gasteiger partial charge in [0.15, 0.2) is 11.6 Å². The lowest BCUT2D eigenvalue weighted by molar-refractivity contribution is 0.487. The molecule has 0 fully saturated rings. The second kappa shape index (κ2) is 5.20. The van der Waals surface area contributed by atoms with Crippen molar-refractivity contribution in [2.75, 3.05) is 0 Å². The minimum atomic E-state index is 0.415. The van der Waals surface area contributed by atoms with Gasteiger partial charge in [-0.2, -0.15) is 0 Å². The van der Waals surface area contributed by atoms with E-state index < -0.39 is 0 Å². The van der Waals surface area contributed by atoms with Gasteiger partial charge < -0.3 is 14.1 Å². The van der Waals surface area contributed by atoms with Crippen molar-refractivity contribution in [3.05, 3.63) is 59.9 Å². The Morgan fingerprint density at radius 3 is 2.73 bits per heavy atom. The van der Waals surface area contributed by atoms with Gasteiger partial charge in [0.1, 0.15) is 17.5 Å². The summed E-state index contributed by atoms with van der Waals surface area (Å²) < 4.78 is 11.1. The highest BCUT2D eigenvalue weighted by molar-refractivity contribution is 6.33. The van der Waals surface area contributed by atoms with Crippen LogP contribution in [0.5, 0.6) is 11.5 Å². The molecule has 0 saturated heterocycles. The Morgan fingerprint density at radius 1 is 1.09 bits per heavy atom. The number of H-pyrrole nitrogens is 1. The molecule has 5 nitrogen and oxygen atoms in total. The number of imidazole rings is 1. The van der Waals surface area contributed by atoms with Crippen molar-refractivity contribution in [1.82, 2.24) is 15.0 Å². The first-order valence-corrected chi connectivity index (χ1v) is 7.00. The first-order valence-electron chi connectivity index (χ1n) is 6.62. The van der Waals surface area contributed by atoms with Gasteiger partial charge in [-0.3, -0.25) is 0 Å². The summed E-state index contributed by atoms with van der Waals surface area (Å²) in [5, 5.41) is 0.488. The van der Waals surface area contributed by atoms with Crippen LogP contribution in [0, 0.1) is 0 Å². The molecule has 108 valence electrons. The topological polar surface area (TPSA) is 63.9 Å². The lowest BCUT2D eigenvalue weighted by Crippen LogP contribution is -1.87. The van der Waals surface area contributed by atoms with Crippen LogP contribution in [0.4, 0.5) is 0 Å². The second-order valence-corrected chi connectivity index (χ2v) is 5.02. The maximum atomic E-state index is 6.27. The lowest BCUT2D eigenvalue weighted by Gasteiger charge is -2.07. The predicted octanol–water partition coefficient (Wildman–Crippen LogP) is 4.66. The van der Waals surface area contributed by atoms with Crippen LogP contribution < -0.4 is 4.74 Å². The van der Waals surface area contributed by atoms with Gasteiger partial charge in [0.05, 0.1) is 16.7 Å². The van der Waals surface area contributed by atoms with E-state index in [4.69, 9.17) is 20.8 Å². The van der Waals surface area contributed by atoms with Gasteiger partial charge in [0.25, 0.3) is 5.89 Å². The minimum Gasteiger partial charge on any atom is -0.453 e. The Kier molecular flexibility index (Phi) is 3.05. The van der Waals surface area contributed by atoms with Crippen molar-refractivity contribution >= 4 is 22.6 Å². The molecule has 0 radical (unpaired) electrons. The van der Waals surface area contributed by atoms with Crippen molar-refractivity contribution < 1.29 is 9.15 Å². The summed E-state index contributed by atoms with van der Waals surface area (Å²) in [4.78, 5) is 11.7. The molecule has 0 saturated carbocycles. The summed E-state index contributed by atoms with van der Waals surface area (Å²) in [6.07, 6.45) is 3.06. The summed E-state index contributed by atoms with van der Waals surface area (Å²) in [5.41, 5.74) is 1.42. The third-order valence-corrected chi connectivity index (χ3v) is 3.46. The van der Waals surface area contributed by atoms with Crippen LogP contribution in [0.25, 0.3) is 22.7 Å². The number of benzene rings is 2. The fourth-order valence-electron chi connectivity index (χ4n) is 2.17. The maximum Gasteiger partial charge on any atom is 0.262 e. The van der Waals surface area contributed by atoms with Crippen LogP contribution in [0.3, 0.4) is 0 Å². The zero-order valence-corrected chi connectivity index (χ0v) is 12.0. The monoisotopic (exact) mass is 311 g/mol. The molecule has 0 spiro atoms. The van der Waals surface area contributed by atoms with Crippen molar-refractivity contribution in [3.8, 4) is 23.2 Å². The van der Waals surface area contributed by atoms with Crippen molar-refractivity contribution in [3.63, 3.8) is 0 Å². The number of nitrogens with one attached hydrogen (secondary N) is 1. The molecule has 4 rings (SSSR count). The van der Waals surface area contributed by atoms with Gasteiger partial charge in [-0.15, -0.1) is 0 Å². The molecule has 0 bridgehead atoms. The highest BCUT2D eigenvalue weighted by Crippen LogP contribution is 2.36. The molecule has 2 aromatic heterocycles. The number of para-hydroxylation sites is 1. The van der Waals surface area contributed by atoms with Crippen LogP contribution in [-0.2, 0) is 0 Å². The largest absolute Gasteiger partial charge is 0.453 e. The summed E-state index contributed by atoms with van der Waals surface area (Å²) in [6.45, 7) is 0. The number of hydrogen-bond acceptors (Lipinski definition) is 4. The number of hydrogen-bond donors (Lipinski definition) is 1. The number of fused-ring (bicyclic) bond motifs is 1. The third kappa shape index (κ3) is 2.21. The van der Waals surface area contributed by atoms with E-state index >= 15 is 0 Å². The van der Waals surface area contributed by atoms with E-state index in [1.54, 1.807) is 12.3 Å². The number of aromatic amines is 1. The third-order valence-electron chi connectivity index (χ3n) is 3.16. The van der Waals surface area contributed by atoms with Crippen molar-refractivity contribution in [2.45, 2.75) is 0 Å². The molecule has 0 aliphatic carbocycles. The summed E-state index contributed by atoms with van der Waals surface area (Å²) >= 11 is 6.27. The summed E-state index contributed by atoms with van der Waals surface area (Å²) in [6, 6.07) is 13.0. The Labute approximate surface area is 130 Å². The smallest absolute Gasteiger partial charge is 0.262 e. The van der Waals surface area contributed by atoms with Crippen LogP contribution in [0.2, 0.25) is 5.02 Å². The molecule has 0 aliphatic heterocycles. The Hall–Kier alpha value is -2.79. The minimum absolute atomic E-state index is 0.415. The SMILES string of the molecule is Clc1ccc2[nH]c(-c3ncco3)nc2c1Oc1ccccc1. The quantitative estimate of drug-likeness (QED) is 0.597. The highest BCUT2D eigenvalue weighted by atomic mass is 35.5. The molecule has 0 amide bonds. The van der Waals surface area contributed by atoms with Gasteiger partial charge in [-0.05, 0) is 24.3 Å². The average Bonchev–Trinajstić information content (AvgIpc) is 3.20. The Bertz CT molecular complexity index is 917. The number of oxazole rings is 1. The number of aromatic nitrogens is 3. The van der Waals surface area contributed by atoms with Gasteiger partial charge in [0, 0.05) is 0 Å². The number of halogens is 1. The van der Waals surface area contributed by atoms with Crippen LogP contribution in [0.15, 0.2) is 59.3 Å². The van der Waals surface area contributed by atoms with Gasteiger partial charge in [-0.25, -0.2) is 9.97 Å². The molecule has 6 heteroatoms. The molecule has 0 unspecified atom stereocenters. The summed E-state index contributed by atoms with van der Waals surface area (Å²) in [7, 11) is 0. The van der Waals surface area contributed by atoms with Gasteiger partial charge in [0.2, 0.25) is 0 Å². The average molecular weight is 312 g/mol. The molecule has 22 heavy (non-hydrogen) atoms. The Morgan fingerprint density at radius 2 is 1.95 bits per heavy atom. The normalized spacial score (nSPS) is 11.0.